The zero-order chi connectivity index (χ0) is 18.9. The van der Waals surface area contributed by atoms with E-state index in [0.717, 1.165) is 18.8 Å². The maximum Gasteiger partial charge on any atom is 0.338 e. The largest absolute Gasteiger partial charge is 0.452 e. The van der Waals surface area contributed by atoms with E-state index in [2.05, 4.69) is 29.6 Å². The van der Waals surface area contributed by atoms with Crippen LogP contribution in [-0.2, 0) is 9.53 Å². The molecule has 0 saturated carbocycles. The molecule has 2 aromatic rings. The standard InChI is InChI=1S/C18H21N3O4S/c1-3-21(4-2)14-9-7-13(8-10-14)18(24)25-12-16(22)19-20-17(23)15-6-5-11-26-15/h5-11H,3-4,12H2,1-2H3,(H,19,22)(H,20,23). The van der Waals surface area contributed by atoms with Gasteiger partial charge in [0.05, 0.1) is 10.4 Å². The Labute approximate surface area is 155 Å². The second-order valence-electron chi connectivity index (χ2n) is 5.27. The van der Waals surface area contributed by atoms with Gasteiger partial charge < -0.3 is 9.64 Å². The Morgan fingerprint density at radius 1 is 1.04 bits per heavy atom. The van der Waals surface area contributed by atoms with Gasteiger partial charge in [0, 0.05) is 18.8 Å². The van der Waals surface area contributed by atoms with Crippen molar-refractivity contribution in [3.8, 4) is 0 Å². The summed E-state index contributed by atoms with van der Waals surface area (Å²) in [6, 6.07) is 10.4. The van der Waals surface area contributed by atoms with Crippen LogP contribution in [0.15, 0.2) is 41.8 Å². The molecule has 7 nitrogen and oxygen atoms in total. The molecule has 8 heteroatoms. The zero-order valence-corrected chi connectivity index (χ0v) is 15.5. The van der Waals surface area contributed by atoms with Crippen LogP contribution in [0.4, 0.5) is 5.69 Å². The molecule has 0 spiro atoms. The highest BCUT2D eigenvalue weighted by Gasteiger charge is 2.12. The van der Waals surface area contributed by atoms with Crippen LogP contribution in [0.5, 0.6) is 0 Å². The van der Waals surface area contributed by atoms with Crippen molar-refractivity contribution in [3.05, 3.63) is 52.2 Å². The van der Waals surface area contributed by atoms with Crippen molar-refractivity contribution in [1.82, 2.24) is 10.9 Å². The minimum absolute atomic E-state index is 0.358. The minimum atomic E-state index is -0.622. The summed E-state index contributed by atoms with van der Waals surface area (Å²) in [4.78, 5) is 38.0. The summed E-state index contributed by atoms with van der Waals surface area (Å²) in [6.07, 6.45) is 0. The highest BCUT2D eigenvalue weighted by atomic mass is 32.1. The summed E-state index contributed by atoms with van der Waals surface area (Å²) in [5.74, 6) is -1.65. The molecular formula is C18H21N3O4S. The van der Waals surface area contributed by atoms with E-state index in [9.17, 15) is 14.4 Å². The van der Waals surface area contributed by atoms with Crippen molar-refractivity contribution in [3.63, 3.8) is 0 Å². The molecule has 2 N–H and O–H groups in total. The first-order chi connectivity index (χ1) is 12.5. The summed E-state index contributed by atoms with van der Waals surface area (Å²) in [5.41, 5.74) is 5.83. The van der Waals surface area contributed by atoms with Gasteiger partial charge in [-0.05, 0) is 49.6 Å². The molecule has 0 fully saturated rings. The first-order valence-electron chi connectivity index (χ1n) is 8.20. The van der Waals surface area contributed by atoms with Crippen molar-refractivity contribution in [1.29, 1.82) is 0 Å². The number of hydrazine groups is 1. The molecule has 0 aliphatic carbocycles. The van der Waals surface area contributed by atoms with E-state index in [1.807, 2.05) is 12.1 Å². The molecular weight excluding hydrogens is 354 g/mol. The number of hydrogen-bond acceptors (Lipinski definition) is 6. The van der Waals surface area contributed by atoms with Crippen LogP contribution in [-0.4, -0.2) is 37.5 Å². The fourth-order valence-electron chi connectivity index (χ4n) is 2.24. The summed E-state index contributed by atoms with van der Waals surface area (Å²) in [5, 5.41) is 1.75. The zero-order valence-electron chi connectivity index (χ0n) is 14.7. The molecule has 1 aromatic carbocycles. The van der Waals surface area contributed by atoms with Gasteiger partial charge in [-0.15, -0.1) is 11.3 Å². The number of esters is 1. The molecule has 0 atom stereocenters. The number of hydrogen-bond donors (Lipinski definition) is 2. The van der Waals surface area contributed by atoms with Gasteiger partial charge in [0.15, 0.2) is 6.61 Å². The predicted molar refractivity (Wildman–Crippen MR) is 100 cm³/mol. The number of rotatable bonds is 7. The van der Waals surface area contributed by atoms with Crippen LogP contribution < -0.4 is 15.8 Å². The first kappa shape index (κ1) is 19.5. The molecule has 26 heavy (non-hydrogen) atoms. The fourth-order valence-corrected chi connectivity index (χ4v) is 2.86. The number of nitrogens with one attached hydrogen (secondary N) is 2. The van der Waals surface area contributed by atoms with E-state index >= 15 is 0 Å². The average molecular weight is 375 g/mol. The third kappa shape index (κ3) is 5.32. The van der Waals surface area contributed by atoms with E-state index in [0.29, 0.717) is 10.4 Å². The van der Waals surface area contributed by atoms with Gasteiger partial charge in [-0.25, -0.2) is 4.79 Å². The van der Waals surface area contributed by atoms with Gasteiger partial charge in [0.2, 0.25) is 0 Å². The Balaban J connectivity index is 1.78. The number of amides is 2. The van der Waals surface area contributed by atoms with Gasteiger partial charge in [0.25, 0.3) is 11.8 Å². The molecule has 0 radical (unpaired) electrons. The molecule has 1 heterocycles. The highest BCUT2D eigenvalue weighted by molar-refractivity contribution is 7.12. The predicted octanol–water partition coefficient (Wildman–Crippen LogP) is 2.21. The summed E-state index contributed by atoms with van der Waals surface area (Å²) in [7, 11) is 0. The van der Waals surface area contributed by atoms with Crippen molar-refractivity contribution >= 4 is 34.8 Å². The lowest BCUT2D eigenvalue weighted by molar-refractivity contribution is -0.125. The number of carbonyl (C=O) groups is 3. The summed E-state index contributed by atoms with van der Waals surface area (Å²) in [6.45, 7) is 5.37. The molecule has 2 rings (SSSR count). The third-order valence-corrected chi connectivity index (χ3v) is 4.50. The van der Waals surface area contributed by atoms with Crippen LogP contribution in [0.3, 0.4) is 0 Å². The molecule has 138 valence electrons. The Morgan fingerprint density at radius 3 is 2.31 bits per heavy atom. The monoisotopic (exact) mass is 375 g/mol. The topological polar surface area (TPSA) is 87.7 Å². The lowest BCUT2D eigenvalue weighted by Gasteiger charge is -2.20. The van der Waals surface area contributed by atoms with E-state index in [4.69, 9.17) is 4.74 Å². The molecule has 0 aliphatic rings. The Hall–Kier alpha value is -2.87. The maximum absolute atomic E-state index is 12.0. The number of carbonyl (C=O) groups excluding carboxylic acids is 3. The van der Waals surface area contributed by atoms with E-state index < -0.39 is 24.4 Å². The van der Waals surface area contributed by atoms with E-state index in [1.54, 1.807) is 29.6 Å². The Bertz CT molecular complexity index is 740. The molecule has 1 aromatic heterocycles. The average Bonchev–Trinajstić information content (AvgIpc) is 3.20. The highest BCUT2D eigenvalue weighted by Crippen LogP contribution is 2.15. The SMILES string of the molecule is CCN(CC)c1ccc(C(=O)OCC(=O)NNC(=O)c2cccs2)cc1. The maximum atomic E-state index is 12.0. The van der Waals surface area contributed by atoms with Gasteiger partial charge >= 0.3 is 5.97 Å². The lowest BCUT2D eigenvalue weighted by atomic mass is 10.2. The number of benzene rings is 1. The van der Waals surface area contributed by atoms with Gasteiger partial charge in [-0.1, -0.05) is 6.07 Å². The van der Waals surface area contributed by atoms with E-state index in [1.165, 1.54) is 11.3 Å². The minimum Gasteiger partial charge on any atom is -0.452 e. The lowest BCUT2D eigenvalue weighted by Crippen LogP contribution is -2.43. The first-order valence-corrected chi connectivity index (χ1v) is 9.08. The summed E-state index contributed by atoms with van der Waals surface area (Å²) < 4.78 is 4.95. The van der Waals surface area contributed by atoms with Crippen molar-refractivity contribution in [2.24, 2.45) is 0 Å². The second-order valence-corrected chi connectivity index (χ2v) is 6.22. The smallest absolute Gasteiger partial charge is 0.338 e. The van der Waals surface area contributed by atoms with Crippen LogP contribution >= 0.6 is 11.3 Å². The van der Waals surface area contributed by atoms with Crippen LogP contribution in [0, 0.1) is 0 Å². The number of ether oxygens (including phenoxy) is 1. The van der Waals surface area contributed by atoms with Crippen molar-refractivity contribution < 1.29 is 19.1 Å². The van der Waals surface area contributed by atoms with Crippen LogP contribution in [0.25, 0.3) is 0 Å². The van der Waals surface area contributed by atoms with E-state index in [-0.39, 0.29) is 0 Å². The molecule has 2 amide bonds. The van der Waals surface area contributed by atoms with Crippen LogP contribution in [0.2, 0.25) is 0 Å². The Morgan fingerprint density at radius 2 is 1.73 bits per heavy atom. The summed E-state index contributed by atoms with van der Waals surface area (Å²) >= 11 is 1.25. The van der Waals surface area contributed by atoms with Crippen molar-refractivity contribution in [2.75, 3.05) is 24.6 Å². The molecule has 0 saturated heterocycles. The molecule has 0 unspecified atom stereocenters. The number of nitrogens with zero attached hydrogens (tertiary/aromatic N) is 1. The quantitative estimate of drug-likeness (QED) is 0.572. The van der Waals surface area contributed by atoms with Gasteiger partial charge in [-0.2, -0.15) is 0 Å². The second kappa shape index (κ2) is 9.57. The van der Waals surface area contributed by atoms with Crippen LogP contribution in [0.1, 0.15) is 33.9 Å². The van der Waals surface area contributed by atoms with Gasteiger partial charge in [-0.3, -0.25) is 20.4 Å². The number of thiophene rings is 1. The molecule has 0 bridgehead atoms. The van der Waals surface area contributed by atoms with Crippen molar-refractivity contribution in [2.45, 2.75) is 13.8 Å². The number of anilines is 1. The Kier molecular flexibility index (Phi) is 7.16. The van der Waals surface area contributed by atoms with Gasteiger partial charge in [0.1, 0.15) is 0 Å². The fraction of sp³-hybridized carbons (Fsp3) is 0.278. The molecule has 0 aliphatic heterocycles. The third-order valence-electron chi connectivity index (χ3n) is 3.63. The normalized spacial score (nSPS) is 10.1.